The lowest BCUT2D eigenvalue weighted by Gasteiger charge is -2.12. The summed E-state index contributed by atoms with van der Waals surface area (Å²) in [6, 6.07) is 3.80. The first kappa shape index (κ1) is 18.4. The van der Waals surface area contributed by atoms with E-state index in [2.05, 4.69) is 11.7 Å². The van der Waals surface area contributed by atoms with Crippen molar-refractivity contribution in [2.24, 2.45) is 4.99 Å². The molecule has 0 atom stereocenters. The number of hydrogen-bond donors (Lipinski definition) is 0. The van der Waals surface area contributed by atoms with Crippen molar-refractivity contribution in [1.82, 2.24) is 0 Å². The Hall–Kier alpha value is -2.62. The van der Waals surface area contributed by atoms with Gasteiger partial charge in [-0.3, -0.25) is 9.79 Å². The SMILES string of the molecule is C=NC=CC(=CC)C(=O)C=Cc1cc(C)c(OC)c(OCC)c1. The summed E-state index contributed by atoms with van der Waals surface area (Å²) in [5.74, 6) is 1.28. The van der Waals surface area contributed by atoms with Gasteiger partial charge in [0.05, 0.1) is 13.7 Å². The van der Waals surface area contributed by atoms with E-state index in [1.54, 1.807) is 32.3 Å². The van der Waals surface area contributed by atoms with Crippen LogP contribution in [-0.4, -0.2) is 26.2 Å². The van der Waals surface area contributed by atoms with Gasteiger partial charge in [-0.2, -0.15) is 0 Å². The number of aryl methyl sites for hydroxylation is 1. The Morgan fingerprint density at radius 2 is 2.09 bits per heavy atom. The lowest BCUT2D eigenvalue weighted by Crippen LogP contribution is -1.98. The Morgan fingerprint density at radius 3 is 2.65 bits per heavy atom. The van der Waals surface area contributed by atoms with Crippen LogP contribution in [0.4, 0.5) is 0 Å². The van der Waals surface area contributed by atoms with Gasteiger partial charge in [0.15, 0.2) is 17.3 Å². The van der Waals surface area contributed by atoms with E-state index in [-0.39, 0.29) is 5.78 Å². The Morgan fingerprint density at radius 1 is 1.35 bits per heavy atom. The van der Waals surface area contributed by atoms with Crippen molar-refractivity contribution < 1.29 is 14.3 Å². The van der Waals surface area contributed by atoms with Crippen LogP contribution in [-0.2, 0) is 4.79 Å². The van der Waals surface area contributed by atoms with Crippen LogP contribution >= 0.6 is 0 Å². The first-order valence-corrected chi connectivity index (χ1v) is 7.39. The second-order valence-electron chi connectivity index (χ2n) is 4.74. The lowest BCUT2D eigenvalue weighted by atomic mass is 10.1. The van der Waals surface area contributed by atoms with Crippen molar-refractivity contribution >= 4 is 18.6 Å². The van der Waals surface area contributed by atoms with E-state index in [0.29, 0.717) is 23.7 Å². The highest BCUT2D eigenvalue weighted by molar-refractivity contribution is 6.08. The molecule has 1 aromatic rings. The lowest BCUT2D eigenvalue weighted by molar-refractivity contribution is -0.111. The molecule has 0 aliphatic rings. The fourth-order valence-corrected chi connectivity index (χ4v) is 2.11. The fourth-order valence-electron chi connectivity index (χ4n) is 2.11. The van der Waals surface area contributed by atoms with E-state index in [1.807, 2.05) is 26.0 Å². The molecule has 0 bridgehead atoms. The maximum Gasteiger partial charge on any atom is 0.185 e. The maximum absolute atomic E-state index is 12.1. The van der Waals surface area contributed by atoms with Crippen molar-refractivity contribution in [2.75, 3.05) is 13.7 Å². The molecule has 4 nitrogen and oxygen atoms in total. The van der Waals surface area contributed by atoms with Gasteiger partial charge in [-0.05, 0) is 62.9 Å². The van der Waals surface area contributed by atoms with Crippen molar-refractivity contribution in [2.45, 2.75) is 20.8 Å². The molecule has 0 fully saturated rings. The maximum atomic E-state index is 12.1. The largest absolute Gasteiger partial charge is 0.493 e. The zero-order valence-corrected chi connectivity index (χ0v) is 14.1. The molecule has 0 unspecified atom stereocenters. The van der Waals surface area contributed by atoms with E-state index in [0.717, 1.165) is 11.1 Å². The van der Waals surface area contributed by atoms with E-state index < -0.39 is 0 Å². The minimum atomic E-state index is -0.0983. The number of nitrogens with zero attached hydrogens (tertiary/aromatic N) is 1. The Kier molecular flexibility index (Phi) is 7.54. The minimum Gasteiger partial charge on any atom is -0.493 e. The van der Waals surface area contributed by atoms with Crippen LogP contribution in [0.2, 0.25) is 0 Å². The number of rotatable bonds is 8. The quantitative estimate of drug-likeness (QED) is 0.411. The highest BCUT2D eigenvalue weighted by Gasteiger charge is 2.09. The summed E-state index contributed by atoms with van der Waals surface area (Å²) in [7, 11) is 1.61. The summed E-state index contributed by atoms with van der Waals surface area (Å²) < 4.78 is 11.0. The first-order chi connectivity index (χ1) is 11.1. The molecule has 4 heteroatoms. The number of ether oxygens (including phenoxy) is 2. The van der Waals surface area contributed by atoms with E-state index in [4.69, 9.17) is 9.47 Å². The summed E-state index contributed by atoms with van der Waals surface area (Å²) in [4.78, 5) is 15.8. The molecule has 0 radical (unpaired) electrons. The molecule has 1 aromatic carbocycles. The third kappa shape index (κ3) is 5.25. The van der Waals surface area contributed by atoms with Gasteiger partial charge >= 0.3 is 0 Å². The zero-order chi connectivity index (χ0) is 17.2. The monoisotopic (exact) mass is 313 g/mol. The fraction of sp³-hybridized carbons (Fsp3) is 0.263. The molecule has 122 valence electrons. The highest BCUT2D eigenvalue weighted by Crippen LogP contribution is 2.32. The molecule has 0 N–H and O–H groups in total. The van der Waals surface area contributed by atoms with Crippen molar-refractivity contribution in [3.05, 3.63) is 53.3 Å². The van der Waals surface area contributed by atoms with Gasteiger partial charge in [0.25, 0.3) is 0 Å². The molecule has 0 heterocycles. The number of allylic oxidation sites excluding steroid dienone is 4. The number of carbonyl (C=O) groups is 1. The van der Waals surface area contributed by atoms with Crippen LogP contribution in [0.5, 0.6) is 11.5 Å². The van der Waals surface area contributed by atoms with Gasteiger partial charge < -0.3 is 9.47 Å². The molecule has 0 saturated carbocycles. The average molecular weight is 313 g/mol. The number of benzene rings is 1. The Balaban J connectivity index is 3.06. The standard InChI is InChI=1S/C19H23NO3/c1-6-16(10-11-20-4)17(21)9-8-15-12-14(3)19(22-5)18(13-15)23-7-2/h6,8-13H,4,7H2,1-3,5H3. The van der Waals surface area contributed by atoms with Gasteiger partial charge in [-0.25, -0.2) is 0 Å². The second kappa shape index (κ2) is 9.41. The molecule has 0 aromatic heterocycles. The molecular weight excluding hydrogens is 290 g/mol. The van der Waals surface area contributed by atoms with E-state index >= 15 is 0 Å². The number of hydrogen-bond acceptors (Lipinski definition) is 4. The van der Waals surface area contributed by atoms with Crippen LogP contribution in [0.25, 0.3) is 6.08 Å². The van der Waals surface area contributed by atoms with Crippen LogP contribution < -0.4 is 9.47 Å². The molecule has 0 amide bonds. The summed E-state index contributed by atoms with van der Waals surface area (Å²) in [6.07, 6.45) is 8.14. The number of ketones is 1. The van der Waals surface area contributed by atoms with Crippen molar-refractivity contribution in [3.63, 3.8) is 0 Å². The number of carbonyl (C=O) groups excluding carboxylic acids is 1. The topological polar surface area (TPSA) is 47.9 Å². The van der Waals surface area contributed by atoms with Crippen LogP contribution in [0.15, 0.2) is 47.1 Å². The normalized spacial score (nSPS) is 11.9. The summed E-state index contributed by atoms with van der Waals surface area (Å²) in [5.41, 5.74) is 2.39. The van der Waals surface area contributed by atoms with Crippen LogP contribution in [0, 0.1) is 6.92 Å². The molecule has 0 aliphatic heterocycles. The number of aliphatic imine (C=N–C) groups is 1. The predicted octanol–water partition coefficient (Wildman–Crippen LogP) is 4.15. The summed E-state index contributed by atoms with van der Waals surface area (Å²) >= 11 is 0. The van der Waals surface area contributed by atoms with Crippen LogP contribution in [0.1, 0.15) is 25.0 Å². The van der Waals surface area contributed by atoms with Gasteiger partial charge in [0, 0.05) is 11.8 Å². The van der Waals surface area contributed by atoms with E-state index in [1.165, 1.54) is 12.3 Å². The van der Waals surface area contributed by atoms with Gasteiger partial charge in [0.1, 0.15) is 0 Å². The number of methoxy groups -OCH3 is 1. The summed E-state index contributed by atoms with van der Waals surface area (Å²) in [5, 5.41) is 0. The second-order valence-corrected chi connectivity index (χ2v) is 4.74. The zero-order valence-electron chi connectivity index (χ0n) is 14.1. The third-order valence-corrected chi connectivity index (χ3v) is 3.15. The van der Waals surface area contributed by atoms with Crippen molar-refractivity contribution in [1.29, 1.82) is 0 Å². The molecule has 23 heavy (non-hydrogen) atoms. The summed E-state index contributed by atoms with van der Waals surface area (Å²) in [6.45, 7) is 9.56. The van der Waals surface area contributed by atoms with Crippen LogP contribution in [0.3, 0.4) is 0 Å². The van der Waals surface area contributed by atoms with Gasteiger partial charge in [-0.1, -0.05) is 12.2 Å². The van der Waals surface area contributed by atoms with E-state index in [9.17, 15) is 4.79 Å². The first-order valence-electron chi connectivity index (χ1n) is 7.39. The Labute approximate surface area is 137 Å². The molecule has 1 rings (SSSR count). The van der Waals surface area contributed by atoms with Gasteiger partial charge in [0.2, 0.25) is 0 Å². The molecule has 0 saturated heterocycles. The molecule has 0 aliphatic carbocycles. The third-order valence-electron chi connectivity index (χ3n) is 3.15. The van der Waals surface area contributed by atoms with Crippen molar-refractivity contribution in [3.8, 4) is 11.5 Å². The van der Waals surface area contributed by atoms with Gasteiger partial charge in [-0.15, -0.1) is 0 Å². The minimum absolute atomic E-state index is 0.0983. The molecular formula is C19H23NO3. The highest BCUT2D eigenvalue weighted by atomic mass is 16.5. The Bertz CT molecular complexity index is 655. The average Bonchev–Trinajstić information content (AvgIpc) is 2.53. The molecule has 0 spiro atoms. The smallest absolute Gasteiger partial charge is 0.185 e. The predicted molar refractivity (Wildman–Crippen MR) is 95.4 cm³/mol.